The lowest BCUT2D eigenvalue weighted by Crippen LogP contribution is -2.26. The lowest BCUT2D eigenvalue weighted by atomic mass is 10.1. The zero-order chi connectivity index (χ0) is 15.4. The van der Waals surface area contributed by atoms with E-state index >= 15 is 0 Å². The van der Waals surface area contributed by atoms with Crippen molar-refractivity contribution in [2.45, 2.75) is 13.0 Å². The monoisotopic (exact) mass is 291 g/mol. The molecule has 110 valence electrons. The fourth-order valence-electron chi connectivity index (χ4n) is 2.38. The molecule has 2 aromatic carbocycles. The molecular weight excluding hydrogens is 274 g/mol. The van der Waals surface area contributed by atoms with Gasteiger partial charge in [-0.2, -0.15) is 5.10 Å². The smallest absolute Gasteiger partial charge is 0.255 e. The largest absolute Gasteiger partial charge is 0.345 e. The summed E-state index contributed by atoms with van der Waals surface area (Å²) in [6, 6.07) is 19.5. The molecule has 0 spiro atoms. The lowest BCUT2D eigenvalue weighted by Gasteiger charge is -2.14. The molecule has 0 aliphatic rings. The SMILES string of the molecule is C[C@@H](NC(=O)c1cn[nH]c1-c1ccccc1)c1ccccc1. The summed E-state index contributed by atoms with van der Waals surface area (Å²) >= 11 is 0. The summed E-state index contributed by atoms with van der Waals surface area (Å²) in [6.45, 7) is 1.97. The summed E-state index contributed by atoms with van der Waals surface area (Å²) in [5, 5.41) is 9.93. The molecule has 0 aliphatic heterocycles. The summed E-state index contributed by atoms with van der Waals surface area (Å²) in [7, 11) is 0. The van der Waals surface area contributed by atoms with Gasteiger partial charge in [-0.05, 0) is 12.5 Å². The summed E-state index contributed by atoms with van der Waals surface area (Å²) in [5.74, 6) is -0.135. The van der Waals surface area contributed by atoms with Crippen LogP contribution in [0.25, 0.3) is 11.3 Å². The summed E-state index contributed by atoms with van der Waals surface area (Å²) in [4.78, 5) is 12.5. The average Bonchev–Trinajstić information content (AvgIpc) is 3.06. The second-order valence-electron chi connectivity index (χ2n) is 5.13. The zero-order valence-corrected chi connectivity index (χ0v) is 12.3. The Morgan fingerprint density at radius 1 is 1.05 bits per heavy atom. The Kier molecular flexibility index (Phi) is 4.01. The van der Waals surface area contributed by atoms with Gasteiger partial charge in [-0.15, -0.1) is 0 Å². The number of hydrogen-bond acceptors (Lipinski definition) is 2. The van der Waals surface area contributed by atoms with Gasteiger partial charge in [0.25, 0.3) is 5.91 Å². The maximum absolute atomic E-state index is 12.5. The van der Waals surface area contributed by atoms with Crippen LogP contribution in [-0.2, 0) is 0 Å². The van der Waals surface area contributed by atoms with E-state index in [2.05, 4.69) is 15.5 Å². The minimum atomic E-state index is -0.135. The van der Waals surface area contributed by atoms with E-state index < -0.39 is 0 Å². The Bertz CT molecular complexity index is 750. The van der Waals surface area contributed by atoms with Crippen LogP contribution < -0.4 is 5.32 Å². The van der Waals surface area contributed by atoms with Crippen molar-refractivity contribution in [3.63, 3.8) is 0 Å². The maximum atomic E-state index is 12.5. The molecule has 0 bridgehead atoms. The molecule has 2 N–H and O–H groups in total. The van der Waals surface area contributed by atoms with Crippen molar-refractivity contribution in [1.29, 1.82) is 0 Å². The van der Waals surface area contributed by atoms with E-state index in [1.54, 1.807) is 6.20 Å². The molecule has 0 radical (unpaired) electrons. The number of nitrogens with one attached hydrogen (secondary N) is 2. The first kappa shape index (κ1) is 14.1. The lowest BCUT2D eigenvalue weighted by molar-refractivity contribution is 0.0940. The van der Waals surface area contributed by atoms with Gasteiger partial charge in [-0.1, -0.05) is 60.7 Å². The molecule has 0 saturated carbocycles. The van der Waals surface area contributed by atoms with Gasteiger partial charge >= 0.3 is 0 Å². The molecule has 0 saturated heterocycles. The van der Waals surface area contributed by atoms with E-state index in [4.69, 9.17) is 0 Å². The molecule has 4 heteroatoms. The van der Waals surface area contributed by atoms with Crippen molar-refractivity contribution in [3.05, 3.63) is 78.0 Å². The molecule has 3 rings (SSSR count). The van der Waals surface area contributed by atoms with Crippen LogP contribution in [0.3, 0.4) is 0 Å². The van der Waals surface area contributed by atoms with Crippen LogP contribution >= 0.6 is 0 Å². The first-order chi connectivity index (χ1) is 10.8. The highest BCUT2D eigenvalue weighted by Gasteiger charge is 2.17. The molecule has 3 aromatic rings. The number of H-pyrrole nitrogens is 1. The highest BCUT2D eigenvalue weighted by Crippen LogP contribution is 2.21. The van der Waals surface area contributed by atoms with Crippen molar-refractivity contribution in [3.8, 4) is 11.3 Å². The van der Waals surface area contributed by atoms with E-state index in [1.807, 2.05) is 67.6 Å². The van der Waals surface area contributed by atoms with E-state index in [1.165, 1.54) is 0 Å². The van der Waals surface area contributed by atoms with Gasteiger partial charge in [0, 0.05) is 5.56 Å². The molecule has 22 heavy (non-hydrogen) atoms. The topological polar surface area (TPSA) is 57.8 Å². The third-order valence-corrected chi connectivity index (χ3v) is 3.59. The highest BCUT2D eigenvalue weighted by atomic mass is 16.1. The van der Waals surface area contributed by atoms with Crippen LogP contribution in [0.5, 0.6) is 0 Å². The average molecular weight is 291 g/mol. The van der Waals surface area contributed by atoms with Crippen LogP contribution in [-0.4, -0.2) is 16.1 Å². The van der Waals surface area contributed by atoms with Gasteiger partial charge < -0.3 is 5.32 Å². The zero-order valence-electron chi connectivity index (χ0n) is 12.3. The van der Waals surface area contributed by atoms with Crippen molar-refractivity contribution in [2.75, 3.05) is 0 Å². The molecule has 0 aliphatic carbocycles. The Hall–Kier alpha value is -2.88. The van der Waals surface area contributed by atoms with Crippen molar-refractivity contribution in [1.82, 2.24) is 15.5 Å². The van der Waals surface area contributed by atoms with E-state index in [9.17, 15) is 4.79 Å². The number of aromatic nitrogens is 2. The maximum Gasteiger partial charge on any atom is 0.255 e. The van der Waals surface area contributed by atoms with Crippen LogP contribution in [0, 0.1) is 0 Å². The molecule has 1 amide bonds. The van der Waals surface area contributed by atoms with Crippen LogP contribution in [0.4, 0.5) is 0 Å². The normalized spacial score (nSPS) is 11.9. The van der Waals surface area contributed by atoms with E-state index in [-0.39, 0.29) is 11.9 Å². The van der Waals surface area contributed by atoms with Gasteiger partial charge in [0.2, 0.25) is 0 Å². The second kappa shape index (κ2) is 6.26. The molecule has 4 nitrogen and oxygen atoms in total. The third-order valence-electron chi connectivity index (χ3n) is 3.59. The third kappa shape index (κ3) is 2.91. The number of nitrogens with zero attached hydrogens (tertiary/aromatic N) is 1. The van der Waals surface area contributed by atoms with Crippen LogP contribution in [0.2, 0.25) is 0 Å². The fraction of sp³-hybridized carbons (Fsp3) is 0.111. The molecule has 0 fully saturated rings. The Labute approximate surface area is 129 Å². The highest BCUT2D eigenvalue weighted by molar-refractivity contribution is 5.99. The summed E-state index contributed by atoms with van der Waals surface area (Å²) in [5.41, 5.74) is 3.30. The number of hydrogen-bond donors (Lipinski definition) is 2. The predicted octanol–water partition coefficient (Wildman–Crippen LogP) is 3.57. The standard InChI is InChI=1S/C18H17N3O/c1-13(14-8-4-2-5-9-14)20-18(22)16-12-19-21-17(16)15-10-6-3-7-11-15/h2-13H,1H3,(H,19,21)(H,20,22)/t13-/m1/s1. The van der Waals surface area contributed by atoms with Crippen LogP contribution in [0.15, 0.2) is 66.9 Å². The first-order valence-electron chi connectivity index (χ1n) is 7.20. The number of carbonyl (C=O) groups is 1. The first-order valence-corrected chi connectivity index (χ1v) is 7.20. The van der Waals surface area contributed by atoms with E-state index in [0.717, 1.165) is 16.8 Å². The number of carbonyl (C=O) groups excluding carboxylic acids is 1. The summed E-state index contributed by atoms with van der Waals surface area (Å²) in [6.07, 6.45) is 1.56. The quantitative estimate of drug-likeness (QED) is 0.772. The molecule has 1 aromatic heterocycles. The number of benzene rings is 2. The molecule has 0 unspecified atom stereocenters. The van der Waals surface area contributed by atoms with Crippen LogP contribution in [0.1, 0.15) is 28.9 Å². The minimum Gasteiger partial charge on any atom is -0.345 e. The second-order valence-corrected chi connectivity index (χ2v) is 5.13. The summed E-state index contributed by atoms with van der Waals surface area (Å²) < 4.78 is 0. The Balaban J connectivity index is 1.81. The Morgan fingerprint density at radius 3 is 2.36 bits per heavy atom. The molecule has 1 heterocycles. The number of aromatic amines is 1. The van der Waals surface area contributed by atoms with Crippen molar-refractivity contribution in [2.24, 2.45) is 0 Å². The van der Waals surface area contributed by atoms with E-state index in [0.29, 0.717) is 5.56 Å². The van der Waals surface area contributed by atoms with Gasteiger partial charge in [0.05, 0.1) is 23.5 Å². The Morgan fingerprint density at radius 2 is 1.68 bits per heavy atom. The predicted molar refractivity (Wildman–Crippen MR) is 86.3 cm³/mol. The number of amides is 1. The van der Waals surface area contributed by atoms with Crippen molar-refractivity contribution >= 4 is 5.91 Å². The van der Waals surface area contributed by atoms with Gasteiger partial charge in [-0.3, -0.25) is 9.89 Å². The van der Waals surface area contributed by atoms with Crippen molar-refractivity contribution < 1.29 is 4.79 Å². The van der Waals surface area contributed by atoms with Gasteiger partial charge in [-0.25, -0.2) is 0 Å². The minimum absolute atomic E-state index is 0.0628. The van der Waals surface area contributed by atoms with Gasteiger partial charge in [0.1, 0.15) is 0 Å². The molecule has 1 atom stereocenters. The number of rotatable bonds is 4. The van der Waals surface area contributed by atoms with Gasteiger partial charge in [0.15, 0.2) is 0 Å². The fourth-order valence-corrected chi connectivity index (χ4v) is 2.38. The molecular formula is C18H17N3O.